The normalized spacial score (nSPS) is 17.1. The summed E-state index contributed by atoms with van der Waals surface area (Å²) in [7, 11) is 3.71. The van der Waals surface area contributed by atoms with Gasteiger partial charge in [-0.1, -0.05) is 31.4 Å². The number of nitrogens with one attached hydrogen (secondary N) is 2. The molecule has 1 aromatic heterocycles. The smallest absolute Gasteiger partial charge is 0.191 e. The number of hydrogen-bond acceptors (Lipinski definition) is 2. The summed E-state index contributed by atoms with van der Waals surface area (Å²) >= 11 is 0. The topological polar surface area (TPSA) is 54.2 Å². The maximum Gasteiger partial charge on any atom is 0.191 e. The standard InChI is InChI=1S/C20H28FN5/c1-22-19(23-14-18-10-13-25-26(18)2)24-15-20(11-4-3-5-12-20)16-6-8-17(21)9-7-16/h6-10,13H,3-5,11-12,14-15H2,1-2H3,(H2,22,23,24). The highest BCUT2D eigenvalue weighted by Gasteiger charge is 2.34. The van der Waals surface area contributed by atoms with Crippen LogP contribution in [-0.4, -0.2) is 29.3 Å². The molecule has 1 aliphatic rings. The molecule has 0 atom stereocenters. The van der Waals surface area contributed by atoms with Crippen molar-refractivity contribution in [2.24, 2.45) is 12.0 Å². The van der Waals surface area contributed by atoms with Crippen molar-refractivity contribution < 1.29 is 4.39 Å². The molecular weight excluding hydrogens is 329 g/mol. The molecule has 0 amide bonds. The fraction of sp³-hybridized carbons (Fsp3) is 0.500. The lowest BCUT2D eigenvalue weighted by Gasteiger charge is -2.38. The fourth-order valence-electron chi connectivity index (χ4n) is 3.82. The minimum absolute atomic E-state index is 0.0378. The average molecular weight is 357 g/mol. The molecule has 26 heavy (non-hydrogen) atoms. The van der Waals surface area contributed by atoms with Crippen molar-refractivity contribution in [1.82, 2.24) is 20.4 Å². The second kappa shape index (κ2) is 8.34. The van der Waals surface area contributed by atoms with Gasteiger partial charge in [0.15, 0.2) is 5.96 Å². The van der Waals surface area contributed by atoms with E-state index in [2.05, 4.69) is 20.7 Å². The summed E-state index contributed by atoms with van der Waals surface area (Å²) in [4.78, 5) is 4.35. The van der Waals surface area contributed by atoms with Crippen LogP contribution in [0.15, 0.2) is 41.5 Å². The van der Waals surface area contributed by atoms with Crippen molar-refractivity contribution in [3.8, 4) is 0 Å². The molecule has 1 saturated carbocycles. The first-order valence-electron chi connectivity index (χ1n) is 9.30. The van der Waals surface area contributed by atoms with Gasteiger partial charge in [-0.2, -0.15) is 5.10 Å². The van der Waals surface area contributed by atoms with Gasteiger partial charge in [0.25, 0.3) is 0 Å². The molecule has 2 N–H and O–H groups in total. The number of aliphatic imine (C=N–C) groups is 1. The van der Waals surface area contributed by atoms with Crippen LogP contribution in [0, 0.1) is 5.82 Å². The van der Waals surface area contributed by atoms with Gasteiger partial charge in [-0.3, -0.25) is 9.67 Å². The summed E-state index contributed by atoms with van der Waals surface area (Å²) in [6, 6.07) is 9.01. The van der Waals surface area contributed by atoms with Crippen molar-refractivity contribution in [2.75, 3.05) is 13.6 Å². The van der Waals surface area contributed by atoms with E-state index < -0.39 is 0 Å². The molecule has 0 saturated heterocycles. The van der Waals surface area contributed by atoms with Crippen LogP contribution in [0.5, 0.6) is 0 Å². The van der Waals surface area contributed by atoms with Crippen LogP contribution in [0.1, 0.15) is 43.4 Å². The molecule has 6 heteroatoms. The minimum atomic E-state index is -0.179. The summed E-state index contributed by atoms with van der Waals surface area (Å²) in [5.41, 5.74) is 2.35. The molecule has 0 spiro atoms. The van der Waals surface area contributed by atoms with Gasteiger partial charge >= 0.3 is 0 Å². The summed E-state index contributed by atoms with van der Waals surface area (Å²) in [5, 5.41) is 11.0. The quantitative estimate of drug-likeness (QED) is 0.639. The third-order valence-corrected chi connectivity index (χ3v) is 5.44. The van der Waals surface area contributed by atoms with E-state index in [4.69, 9.17) is 0 Å². The zero-order chi connectivity index (χ0) is 18.4. The summed E-state index contributed by atoms with van der Waals surface area (Å²) in [5.74, 6) is 0.597. The largest absolute Gasteiger partial charge is 0.356 e. The lowest BCUT2D eigenvalue weighted by molar-refractivity contribution is 0.291. The minimum Gasteiger partial charge on any atom is -0.356 e. The Balaban J connectivity index is 1.66. The van der Waals surface area contributed by atoms with E-state index in [9.17, 15) is 4.39 Å². The number of benzene rings is 1. The third kappa shape index (κ3) is 4.23. The van der Waals surface area contributed by atoms with Crippen molar-refractivity contribution in [3.63, 3.8) is 0 Å². The molecule has 0 radical (unpaired) electrons. The predicted octanol–water partition coefficient (Wildman–Crippen LogP) is 3.13. The number of halogens is 1. The molecule has 0 unspecified atom stereocenters. The van der Waals surface area contributed by atoms with Crippen molar-refractivity contribution in [3.05, 3.63) is 53.6 Å². The van der Waals surface area contributed by atoms with Crippen molar-refractivity contribution in [2.45, 2.75) is 44.1 Å². The maximum absolute atomic E-state index is 13.4. The van der Waals surface area contributed by atoms with Crippen LogP contribution in [0.2, 0.25) is 0 Å². The van der Waals surface area contributed by atoms with E-state index in [-0.39, 0.29) is 11.2 Å². The van der Waals surface area contributed by atoms with Crippen LogP contribution in [-0.2, 0) is 19.0 Å². The number of aromatic nitrogens is 2. The Hall–Kier alpha value is -2.37. The first-order chi connectivity index (χ1) is 12.6. The van der Waals surface area contributed by atoms with Crippen LogP contribution in [0.3, 0.4) is 0 Å². The van der Waals surface area contributed by atoms with Gasteiger partial charge in [-0.05, 0) is 36.6 Å². The Morgan fingerprint density at radius 1 is 1.15 bits per heavy atom. The third-order valence-electron chi connectivity index (χ3n) is 5.44. The highest BCUT2D eigenvalue weighted by Crippen LogP contribution is 2.39. The van der Waals surface area contributed by atoms with Crippen molar-refractivity contribution in [1.29, 1.82) is 0 Å². The Morgan fingerprint density at radius 3 is 2.50 bits per heavy atom. The van der Waals surface area contributed by atoms with E-state index in [0.29, 0.717) is 6.54 Å². The van der Waals surface area contributed by atoms with Crippen LogP contribution in [0.25, 0.3) is 0 Å². The Morgan fingerprint density at radius 2 is 1.88 bits per heavy atom. The lowest BCUT2D eigenvalue weighted by atomic mass is 9.69. The monoisotopic (exact) mass is 357 g/mol. The molecular formula is C20H28FN5. The van der Waals surface area contributed by atoms with Gasteiger partial charge in [0.2, 0.25) is 0 Å². The first-order valence-corrected chi connectivity index (χ1v) is 9.30. The van der Waals surface area contributed by atoms with E-state index in [1.807, 2.05) is 29.9 Å². The fourth-order valence-corrected chi connectivity index (χ4v) is 3.82. The molecule has 1 aliphatic carbocycles. The highest BCUT2D eigenvalue weighted by atomic mass is 19.1. The number of hydrogen-bond donors (Lipinski definition) is 2. The molecule has 0 bridgehead atoms. The second-order valence-corrected chi connectivity index (χ2v) is 7.07. The average Bonchev–Trinajstić information content (AvgIpc) is 3.08. The molecule has 3 rings (SSSR count). The van der Waals surface area contributed by atoms with Crippen molar-refractivity contribution >= 4 is 5.96 Å². The van der Waals surface area contributed by atoms with E-state index in [1.165, 1.54) is 24.8 Å². The number of guanidine groups is 1. The Kier molecular flexibility index (Phi) is 5.91. The molecule has 5 nitrogen and oxygen atoms in total. The van der Waals surface area contributed by atoms with Gasteiger partial charge in [-0.15, -0.1) is 0 Å². The molecule has 2 aromatic rings. The summed E-state index contributed by atoms with van der Waals surface area (Å²) in [6.07, 6.45) is 7.71. The highest BCUT2D eigenvalue weighted by molar-refractivity contribution is 5.79. The Labute approximate surface area is 154 Å². The molecule has 1 aromatic carbocycles. The number of rotatable bonds is 5. The van der Waals surface area contributed by atoms with Gasteiger partial charge in [-0.25, -0.2) is 4.39 Å². The van der Waals surface area contributed by atoms with E-state index in [0.717, 1.165) is 31.0 Å². The predicted molar refractivity (Wildman–Crippen MR) is 103 cm³/mol. The summed E-state index contributed by atoms with van der Waals surface area (Å²) < 4.78 is 15.2. The number of nitrogens with zero attached hydrogens (tertiary/aromatic N) is 3. The van der Waals surface area contributed by atoms with E-state index >= 15 is 0 Å². The maximum atomic E-state index is 13.4. The van der Waals surface area contributed by atoms with E-state index in [1.54, 1.807) is 25.4 Å². The molecule has 1 fully saturated rings. The first kappa shape index (κ1) is 18.4. The molecule has 140 valence electrons. The zero-order valence-electron chi connectivity index (χ0n) is 15.6. The van der Waals surface area contributed by atoms with Gasteiger partial charge in [0.1, 0.15) is 5.82 Å². The number of aryl methyl sites for hydroxylation is 1. The van der Waals surface area contributed by atoms with Gasteiger partial charge < -0.3 is 10.6 Å². The van der Waals surface area contributed by atoms with Crippen LogP contribution < -0.4 is 10.6 Å². The molecule has 0 aliphatic heterocycles. The Bertz CT molecular complexity index is 729. The van der Waals surface area contributed by atoms with Gasteiger partial charge in [0, 0.05) is 32.3 Å². The van der Waals surface area contributed by atoms with Crippen LogP contribution >= 0.6 is 0 Å². The van der Waals surface area contributed by atoms with Crippen LogP contribution in [0.4, 0.5) is 4.39 Å². The van der Waals surface area contributed by atoms with Gasteiger partial charge in [0.05, 0.1) is 12.2 Å². The lowest BCUT2D eigenvalue weighted by Crippen LogP contribution is -2.46. The second-order valence-electron chi connectivity index (χ2n) is 7.07. The SMILES string of the molecule is CN=C(NCc1ccnn1C)NCC1(c2ccc(F)cc2)CCCCC1. The zero-order valence-corrected chi connectivity index (χ0v) is 15.6. The molecule has 1 heterocycles. The summed E-state index contributed by atoms with van der Waals surface area (Å²) in [6.45, 7) is 1.46.